The van der Waals surface area contributed by atoms with Gasteiger partial charge in [0.2, 0.25) is 0 Å². The van der Waals surface area contributed by atoms with Crippen LogP contribution in [0.1, 0.15) is 20.8 Å². The van der Waals surface area contributed by atoms with Crippen LogP contribution < -0.4 is 10.1 Å². The first kappa shape index (κ1) is 14.7. The van der Waals surface area contributed by atoms with Crippen molar-refractivity contribution in [1.29, 1.82) is 0 Å². The van der Waals surface area contributed by atoms with E-state index >= 15 is 0 Å². The summed E-state index contributed by atoms with van der Waals surface area (Å²) in [6.45, 7) is 7.06. The Morgan fingerprint density at radius 1 is 1.44 bits per heavy atom. The summed E-state index contributed by atoms with van der Waals surface area (Å²) in [4.78, 5) is 10.3. The molecule has 0 amide bonds. The molecule has 0 atom stereocenters. The minimum atomic E-state index is -0.483. The predicted octanol–water partition coefficient (Wildman–Crippen LogP) is 3.02. The van der Waals surface area contributed by atoms with Gasteiger partial charge in [0.25, 0.3) is 0 Å². The molecule has 1 aromatic rings. The van der Waals surface area contributed by atoms with Gasteiger partial charge in [-0.3, -0.25) is 10.1 Å². The van der Waals surface area contributed by atoms with E-state index in [0.29, 0.717) is 18.2 Å². The Kier molecular flexibility index (Phi) is 4.93. The highest BCUT2D eigenvalue weighted by Crippen LogP contribution is 2.29. The van der Waals surface area contributed by atoms with Crippen molar-refractivity contribution in [3.63, 3.8) is 0 Å². The van der Waals surface area contributed by atoms with Crippen LogP contribution in [0.4, 0.5) is 5.69 Å². The average Bonchev–Trinajstić information content (AvgIpc) is 2.22. The van der Waals surface area contributed by atoms with Gasteiger partial charge in [0.05, 0.1) is 4.92 Å². The molecular formula is C12H17ClN2O3. The number of nitrogens with zero attached hydrogens (tertiary/aromatic N) is 1. The Hall–Kier alpha value is -1.33. The SMILES string of the molecule is CC(C)(C)NCCOc1cc(Cl)ccc1[N+](=O)[O-]. The van der Waals surface area contributed by atoms with Gasteiger partial charge in [-0.2, -0.15) is 0 Å². The summed E-state index contributed by atoms with van der Waals surface area (Å²) < 4.78 is 5.39. The Morgan fingerprint density at radius 3 is 2.67 bits per heavy atom. The maximum atomic E-state index is 10.8. The van der Waals surface area contributed by atoms with Crippen LogP contribution in [0.25, 0.3) is 0 Å². The highest BCUT2D eigenvalue weighted by atomic mass is 35.5. The number of rotatable bonds is 5. The van der Waals surface area contributed by atoms with Crippen LogP contribution in [-0.4, -0.2) is 23.6 Å². The highest BCUT2D eigenvalue weighted by Gasteiger charge is 2.15. The van der Waals surface area contributed by atoms with Gasteiger partial charge in [-0.25, -0.2) is 0 Å². The zero-order valence-electron chi connectivity index (χ0n) is 10.7. The molecule has 0 unspecified atom stereocenters. The number of halogens is 1. The average molecular weight is 273 g/mol. The number of ether oxygens (including phenoxy) is 1. The molecule has 0 aliphatic carbocycles. The second-order valence-corrected chi connectivity index (χ2v) is 5.33. The van der Waals surface area contributed by atoms with E-state index in [0.717, 1.165) is 0 Å². The van der Waals surface area contributed by atoms with Crippen molar-refractivity contribution >= 4 is 17.3 Å². The molecule has 0 heterocycles. The van der Waals surface area contributed by atoms with Gasteiger partial charge in [0.15, 0.2) is 5.75 Å². The molecule has 0 spiro atoms. The number of nitrogens with one attached hydrogen (secondary N) is 1. The summed E-state index contributed by atoms with van der Waals surface area (Å²) in [5.74, 6) is 0.197. The second-order valence-electron chi connectivity index (χ2n) is 4.89. The number of hydrogen-bond donors (Lipinski definition) is 1. The third-order valence-corrected chi connectivity index (χ3v) is 2.37. The van der Waals surface area contributed by atoms with Gasteiger partial charge >= 0.3 is 5.69 Å². The zero-order chi connectivity index (χ0) is 13.8. The van der Waals surface area contributed by atoms with Crippen LogP contribution in [0.2, 0.25) is 5.02 Å². The summed E-state index contributed by atoms with van der Waals surface area (Å²) in [6.07, 6.45) is 0. The maximum absolute atomic E-state index is 10.8. The monoisotopic (exact) mass is 272 g/mol. The van der Waals surface area contributed by atoms with Crippen LogP contribution in [0.3, 0.4) is 0 Å². The molecule has 0 fully saturated rings. The van der Waals surface area contributed by atoms with E-state index in [-0.39, 0.29) is 17.0 Å². The molecular weight excluding hydrogens is 256 g/mol. The Labute approximate surface area is 111 Å². The lowest BCUT2D eigenvalue weighted by molar-refractivity contribution is -0.385. The summed E-state index contributed by atoms with van der Waals surface area (Å²) in [6, 6.07) is 4.27. The predicted molar refractivity (Wildman–Crippen MR) is 71.4 cm³/mol. The normalized spacial score (nSPS) is 11.3. The summed E-state index contributed by atoms with van der Waals surface area (Å²) in [5, 5.41) is 14.4. The lowest BCUT2D eigenvalue weighted by Crippen LogP contribution is -2.38. The van der Waals surface area contributed by atoms with E-state index in [4.69, 9.17) is 16.3 Å². The number of benzene rings is 1. The topological polar surface area (TPSA) is 64.4 Å². The number of hydrogen-bond acceptors (Lipinski definition) is 4. The fraction of sp³-hybridized carbons (Fsp3) is 0.500. The van der Waals surface area contributed by atoms with Gasteiger partial charge in [-0.1, -0.05) is 11.6 Å². The molecule has 0 saturated heterocycles. The van der Waals surface area contributed by atoms with Gasteiger partial charge in [0, 0.05) is 29.2 Å². The first-order chi connectivity index (χ1) is 8.29. The smallest absolute Gasteiger partial charge is 0.311 e. The Bertz CT molecular complexity index is 430. The second kappa shape index (κ2) is 6.02. The van der Waals surface area contributed by atoms with Crippen LogP contribution in [0, 0.1) is 10.1 Å². The fourth-order valence-electron chi connectivity index (χ4n) is 1.34. The molecule has 6 heteroatoms. The third kappa shape index (κ3) is 4.89. The molecule has 1 aromatic carbocycles. The van der Waals surface area contributed by atoms with Gasteiger partial charge in [-0.15, -0.1) is 0 Å². The van der Waals surface area contributed by atoms with Crippen molar-refractivity contribution in [3.8, 4) is 5.75 Å². The van der Waals surface area contributed by atoms with Crippen molar-refractivity contribution in [1.82, 2.24) is 5.32 Å². The quantitative estimate of drug-likeness (QED) is 0.508. The van der Waals surface area contributed by atoms with Crippen molar-refractivity contribution in [2.75, 3.05) is 13.2 Å². The van der Waals surface area contributed by atoms with E-state index in [1.54, 1.807) is 0 Å². The summed E-state index contributed by atoms with van der Waals surface area (Å²) >= 11 is 5.79. The van der Waals surface area contributed by atoms with Crippen molar-refractivity contribution < 1.29 is 9.66 Å². The van der Waals surface area contributed by atoms with E-state index in [1.807, 2.05) is 20.8 Å². The Morgan fingerprint density at radius 2 is 2.11 bits per heavy atom. The number of nitro benzene ring substituents is 1. The molecule has 0 saturated carbocycles. The standard InChI is InChI=1S/C12H17ClN2O3/c1-12(2,3)14-6-7-18-11-8-9(13)4-5-10(11)15(16)17/h4-5,8,14H,6-7H2,1-3H3. The van der Waals surface area contributed by atoms with Crippen molar-refractivity contribution in [3.05, 3.63) is 33.3 Å². The van der Waals surface area contributed by atoms with Crippen LogP contribution in [-0.2, 0) is 0 Å². The van der Waals surface area contributed by atoms with Crippen LogP contribution >= 0.6 is 11.6 Å². The van der Waals surface area contributed by atoms with Crippen LogP contribution in [0.15, 0.2) is 18.2 Å². The van der Waals surface area contributed by atoms with Crippen molar-refractivity contribution in [2.24, 2.45) is 0 Å². The molecule has 5 nitrogen and oxygen atoms in total. The fourth-order valence-corrected chi connectivity index (χ4v) is 1.50. The van der Waals surface area contributed by atoms with Crippen LogP contribution in [0.5, 0.6) is 5.75 Å². The lowest BCUT2D eigenvalue weighted by atomic mass is 10.1. The highest BCUT2D eigenvalue weighted by molar-refractivity contribution is 6.30. The van der Waals surface area contributed by atoms with Gasteiger partial charge < -0.3 is 10.1 Å². The molecule has 0 aliphatic heterocycles. The minimum Gasteiger partial charge on any atom is -0.485 e. The molecule has 0 aromatic heterocycles. The van der Waals surface area contributed by atoms with E-state index < -0.39 is 4.92 Å². The zero-order valence-corrected chi connectivity index (χ0v) is 11.5. The van der Waals surface area contributed by atoms with Crippen molar-refractivity contribution in [2.45, 2.75) is 26.3 Å². The van der Waals surface area contributed by atoms with E-state index in [1.165, 1.54) is 18.2 Å². The molecule has 0 bridgehead atoms. The first-order valence-electron chi connectivity index (χ1n) is 5.61. The third-order valence-electron chi connectivity index (χ3n) is 2.13. The molecule has 100 valence electrons. The Balaban J connectivity index is 2.61. The molecule has 1 N–H and O–H groups in total. The summed E-state index contributed by atoms with van der Waals surface area (Å²) in [5.41, 5.74) is -0.0842. The molecule has 0 radical (unpaired) electrons. The lowest BCUT2D eigenvalue weighted by Gasteiger charge is -2.20. The summed E-state index contributed by atoms with van der Waals surface area (Å²) in [7, 11) is 0. The minimum absolute atomic E-state index is 0.0103. The van der Waals surface area contributed by atoms with Gasteiger partial charge in [0.1, 0.15) is 6.61 Å². The molecule has 1 rings (SSSR count). The van der Waals surface area contributed by atoms with E-state index in [9.17, 15) is 10.1 Å². The maximum Gasteiger partial charge on any atom is 0.311 e. The number of nitro groups is 1. The molecule has 18 heavy (non-hydrogen) atoms. The van der Waals surface area contributed by atoms with Gasteiger partial charge in [-0.05, 0) is 26.8 Å². The molecule has 0 aliphatic rings. The van der Waals surface area contributed by atoms with E-state index in [2.05, 4.69) is 5.32 Å². The largest absolute Gasteiger partial charge is 0.485 e. The first-order valence-corrected chi connectivity index (χ1v) is 5.99.